The molecule has 1 N–H and O–H groups in total. The van der Waals surface area contributed by atoms with Crippen molar-refractivity contribution >= 4 is 35.1 Å². The SMILES string of the molecule is COC(=O)[C@@H](Cc1ccccc1)NC(=O)COc1cc(Cl)ccc1Cl. The summed E-state index contributed by atoms with van der Waals surface area (Å²) in [5.41, 5.74) is 0.900. The number of methoxy groups -OCH3 is 1. The van der Waals surface area contributed by atoms with Crippen molar-refractivity contribution in [3.8, 4) is 5.75 Å². The van der Waals surface area contributed by atoms with Crippen molar-refractivity contribution in [1.82, 2.24) is 5.32 Å². The van der Waals surface area contributed by atoms with E-state index in [1.165, 1.54) is 13.2 Å². The Morgan fingerprint density at radius 1 is 1.12 bits per heavy atom. The third kappa shape index (κ3) is 5.96. The van der Waals surface area contributed by atoms with E-state index in [-0.39, 0.29) is 6.61 Å². The first kappa shape index (κ1) is 19.1. The van der Waals surface area contributed by atoms with Gasteiger partial charge in [-0.2, -0.15) is 0 Å². The zero-order chi connectivity index (χ0) is 18.2. The fourth-order valence-electron chi connectivity index (χ4n) is 2.15. The van der Waals surface area contributed by atoms with Crippen molar-refractivity contribution in [3.63, 3.8) is 0 Å². The van der Waals surface area contributed by atoms with E-state index in [0.717, 1.165) is 5.56 Å². The molecule has 0 unspecified atom stereocenters. The highest BCUT2D eigenvalue weighted by Gasteiger charge is 2.22. The van der Waals surface area contributed by atoms with Crippen molar-refractivity contribution in [3.05, 3.63) is 64.1 Å². The van der Waals surface area contributed by atoms with Crippen molar-refractivity contribution in [2.75, 3.05) is 13.7 Å². The highest BCUT2D eigenvalue weighted by Crippen LogP contribution is 2.27. The van der Waals surface area contributed by atoms with Gasteiger partial charge in [0.1, 0.15) is 11.8 Å². The van der Waals surface area contributed by atoms with Gasteiger partial charge in [-0.15, -0.1) is 0 Å². The van der Waals surface area contributed by atoms with Crippen LogP contribution >= 0.6 is 23.2 Å². The highest BCUT2D eigenvalue weighted by molar-refractivity contribution is 6.34. The molecule has 2 aromatic rings. The summed E-state index contributed by atoms with van der Waals surface area (Å²) in [5.74, 6) is -0.706. The average Bonchev–Trinajstić information content (AvgIpc) is 2.62. The molecule has 0 aliphatic rings. The molecule has 0 aliphatic carbocycles. The van der Waals surface area contributed by atoms with Crippen molar-refractivity contribution in [1.29, 1.82) is 0 Å². The molecule has 0 aromatic heterocycles. The normalized spacial score (nSPS) is 11.5. The highest BCUT2D eigenvalue weighted by atomic mass is 35.5. The van der Waals surface area contributed by atoms with Crippen molar-refractivity contribution < 1.29 is 19.1 Å². The number of hydrogen-bond donors (Lipinski definition) is 1. The number of ether oxygens (including phenoxy) is 2. The molecule has 2 aromatic carbocycles. The smallest absolute Gasteiger partial charge is 0.328 e. The van der Waals surface area contributed by atoms with Crippen LogP contribution in [0.1, 0.15) is 5.56 Å². The summed E-state index contributed by atoms with van der Waals surface area (Å²) in [5, 5.41) is 3.39. The van der Waals surface area contributed by atoms with Crippen LogP contribution in [0.2, 0.25) is 10.0 Å². The summed E-state index contributed by atoms with van der Waals surface area (Å²) < 4.78 is 10.1. The van der Waals surface area contributed by atoms with Crippen LogP contribution in [0.25, 0.3) is 0 Å². The molecular formula is C18H17Cl2NO4. The second-order valence-electron chi connectivity index (χ2n) is 5.20. The number of carbonyl (C=O) groups excluding carboxylic acids is 2. The Morgan fingerprint density at radius 2 is 1.84 bits per heavy atom. The predicted octanol–water partition coefficient (Wildman–Crippen LogP) is 3.27. The molecule has 0 radical (unpaired) electrons. The Bertz CT molecular complexity index is 737. The molecule has 0 aliphatic heterocycles. The molecule has 0 fully saturated rings. The molecule has 7 heteroatoms. The zero-order valence-electron chi connectivity index (χ0n) is 13.5. The quantitative estimate of drug-likeness (QED) is 0.747. The summed E-state index contributed by atoms with van der Waals surface area (Å²) in [4.78, 5) is 24.0. The molecule has 0 spiro atoms. The number of carbonyl (C=O) groups is 2. The lowest BCUT2D eigenvalue weighted by Crippen LogP contribution is -2.44. The van der Waals surface area contributed by atoms with Gasteiger partial charge in [0, 0.05) is 17.5 Å². The molecule has 2 rings (SSSR count). The van der Waals surface area contributed by atoms with Crippen molar-refractivity contribution in [2.24, 2.45) is 0 Å². The van der Waals surface area contributed by atoms with E-state index in [2.05, 4.69) is 5.32 Å². The molecular weight excluding hydrogens is 365 g/mol. The number of hydrogen-bond acceptors (Lipinski definition) is 4. The van der Waals surface area contributed by atoms with Gasteiger partial charge in [0.2, 0.25) is 0 Å². The molecule has 0 heterocycles. The zero-order valence-corrected chi connectivity index (χ0v) is 15.0. The Balaban J connectivity index is 1.97. The van der Waals surface area contributed by atoms with Gasteiger partial charge in [-0.05, 0) is 17.7 Å². The third-order valence-electron chi connectivity index (χ3n) is 3.36. The van der Waals surface area contributed by atoms with Crippen LogP contribution in [0.15, 0.2) is 48.5 Å². The summed E-state index contributed by atoms with van der Waals surface area (Å²) in [6.07, 6.45) is 0.317. The number of esters is 1. The van der Waals surface area contributed by atoms with Crippen LogP contribution in [-0.2, 0) is 20.7 Å². The maximum absolute atomic E-state index is 12.1. The third-order valence-corrected chi connectivity index (χ3v) is 3.90. The van der Waals surface area contributed by atoms with E-state index >= 15 is 0 Å². The Kier molecular flexibility index (Phi) is 7.10. The van der Waals surface area contributed by atoms with E-state index in [4.69, 9.17) is 32.7 Å². The van der Waals surface area contributed by atoms with Gasteiger partial charge < -0.3 is 14.8 Å². The molecule has 1 amide bonds. The molecule has 0 saturated carbocycles. The minimum atomic E-state index is -0.807. The summed E-state index contributed by atoms with van der Waals surface area (Å²) >= 11 is 11.8. The van der Waals surface area contributed by atoms with Crippen LogP contribution in [0.3, 0.4) is 0 Å². The van der Waals surface area contributed by atoms with Crippen LogP contribution in [-0.4, -0.2) is 31.6 Å². The molecule has 1 atom stereocenters. The minimum absolute atomic E-state index is 0.294. The largest absolute Gasteiger partial charge is 0.482 e. The fourth-order valence-corrected chi connectivity index (χ4v) is 2.49. The first-order valence-electron chi connectivity index (χ1n) is 7.48. The molecule has 132 valence electrons. The Labute approximate surface area is 155 Å². The second kappa shape index (κ2) is 9.30. The lowest BCUT2D eigenvalue weighted by Gasteiger charge is -2.17. The van der Waals surface area contributed by atoms with E-state index < -0.39 is 17.9 Å². The van der Waals surface area contributed by atoms with Crippen LogP contribution in [0.4, 0.5) is 0 Å². The van der Waals surface area contributed by atoms with E-state index in [1.807, 2.05) is 30.3 Å². The van der Waals surface area contributed by atoms with Gasteiger partial charge in [0.15, 0.2) is 6.61 Å². The molecule has 25 heavy (non-hydrogen) atoms. The van der Waals surface area contributed by atoms with Gasteiger partial charge in [0.05, 0.1) is 12.1 Å². The first-order valence-corrected chi connectivity index (χ1v) is 8.24. The number of nitrogens with one attached hydrogen (secondary N) is 1. The maximum Gasteiger partial charge on any atom is 0.328 e. The van der Waals surface area contributed by atoms with Crippen LogP contribution in [0.5, 0.6) is 5.75 Å². The van der Waals surface area contributed by atoms with E-state index in [1.54, 1.807) is 12.1 Å². The number of rotatable bonds is 7. The maximum atomic E-state index is 12.1. The lowest BCUT2D eigenvalue weighted by molar-refractivity contribution is -0.145. The second-order valence-corrected chi connectivity index (χ2v) is 6.04. The molecule has 0 saturated heterocycles. The fraction of sp³-hybridized carbons (Fsp3) is 0.222. The van der Waals surface area contributed by atoms with Gasteiger partial charge in [-0.1, -0.05) is 53.5 Å². The van der Waals surface area contributed by atoms with Crippen LogP contribution in [0, 0.1) is 0 Å². The number of halogens is 2. The summed E-state index contributed by atoms with van der Waals surface area (Å²) in [6.45, 7) is -0.303. The van der Waals surface area contributed by atoms with E-state index in [0.29, 0.717) is 22.2 Å². The van der Waals surface area contributed by atoms with Gasteiger partial charge in [0.25, 0.3) is 5.91 Å². The first-order chi connectivity index (χ1) is 12.0. The topological polar surface area (TPSA) is 64.6 Å². The Hall–Kier alpha value is -2.24. The standard InChI is InChI=1S/C18H17Cl2NO4/c1-24-18(23)15(9-12-5-3-2-4-6-12)21-17(22)11-25-16-10-13(19)7-8-14(16)20/h2-8,10,15H,9,11H2,1H3,(H,21,22)/t15-/m1/s1. The van der Waals surface area contributed by atoms with Crippen molar-refractivity contribution in [2.45, 2.75) is 12.5 Å². The Morgan fingerprint density at radius 3 is 2.52 bits per heavy atom. The predicted molar refractivity (Wildman–Crippen MR) is 96.0 cm³/mol. The van der Waals surface area contributed by atoms with Crippen LogP contribution < -0.4 is 10.1 Å². The number of benzene rings is 2. The van der Waals surface area contributed by atoms with Gasteiger partial charge in [-0.3, -0.25) is 4.79 Å². The number of amides is 1. The minimum Gasteiger partial charge on any atom is -0.482 e. The summed E-state index contributed by atoms with van der Waals surface area (Å²) in [7, 11) is 1.27. The monoisotopic (exact) mass is 381 g/mol. The summed E-state index contributed by atoms with van der Waals surface area (Å²) in [6, 6.07) is 13.2. The molecule has 0 bridgehead atoms. The average molecular weight is 382 g/mol. The van der Waals surface area contributed by atoms with E-state index in [9.17, 15) is 9.59 Å². The lowest BCUT2D eigenvalue weighted by atomic mass is 10.1. The van der Waals surface area contributed by atoms with Gasteiger partial charge in [-0.25, -0.2) is 4.79 Å². The van der Waals surface area contributed by atoms with Gasteiger partial charge >= 0.3 is 5.97 Å². The molecule has 5 nitrogen and oxygen atoms in total.